The average Bonchev–Trinajstić information content (AvgIpc) is 2.72. The summed E-state index contributed by atoms with van der Waals surface area (Å²) < 4.78 is 6.78. The molecule has 3 rings (SSSR count). The number of hydrogen-bond donors (Lipinski definition) is 0. The Morgan fingerprint density at radius 3 is 2.48 bits per heavy atom. The first-order valence-corrected chi connectivity index (χ1v) is 9.87. The van der Waals surface area contributed by atoms with Gasteiger partial charge in [-0.3, -0.25) is 23.7 Å². The Bertz CT molecular complexity index is 949. The highest BCUT2D eigenvalue weighted by Gasteiger charge is 2.38. The summed E-state index contributed by atoms with van der Waals surface area (Å²) in [5.74, 6) is -2.51. The highest BCUT2D eigenvalue weighted by molar-refractivity contribution is 6.24. The molecule has 0 bridgehead atoms. The SMILES string of the molecule is CCOCCCn1c(-c2ccccc2)ncc(C(=O)C2C(=O)CCCC2=O)c1=O. The zero-order chi connectivity index (χ0) is 20.8. The second-order valence-corrected chi connectivity index (χ2v) is 6.95. The van der Waals surface area contributed by atoms with E-state index in [1.807, 2.05) is 37.3 Å². The topological polar surface area (TPSA) is 95.3 Å². The van der Waals surface area contributed by atoms with Gasteiger partial charge in [0.1, 0.15) is 17.3 Å². The molecule has 1 aromatic carbocycles. The average molecular weight is 396 g/mol. The first-order valence-electron chi connectivity index (χ1n) is 9.87. The Kier molecular flexibility index (Phi) is 6.82. The van der Waals surface area contributed by atoms with Gasteiger partial charge in [-0.05, 0) is 19.8 Å². The molecule has 0 atom stereocenters. The Hall–Kier alpha value is -2.93. The van der Waals surface area contributed by atoms with E-state index in [1.54, 1.807) is 0 Å². The minimum atomic E-state index is -1.38. The van der Waals surface area contributed by atoms with E-state index in [0.717, 1.165) is 5.56 Å². The zero-order valence-corrected chi connectivity index (χ0v) is 16.4. The van der Waals surface area contributed by atoms with Gasteiger partial charge in [-0.1, -0.05) is 30.3 Å². The van der Waals surface area contributed by atoms with Gasteiger partial charge in [0.15, 0.2) is 17.3 Å². The van der Waals surface area contributed by atoms with Crippen molar-refractivity contribution in [2.24, 2.45) is 5.92 Å². The Balaban J connectivity index is 2.01. The number of aromatic nitrogens is 2. The first-order chi connectivity index (χ1) is 14.0. The van der Waals surface area contributed by atoms with Gasteiger partial charge in [-0.25, -0.2) is 4.98 Å². The summed E-state index contributed by atoms with van der Waals surface area (Å²) in [5.41, 5.74) is -0.00829. The van der Waals surface area contributed by atoms with E-state index in [-0.39, 0.29) is 18.4 Å². The highest BCUT2D eigenvalue weighted by atomic mass is 16.5. The molecular weight excluding hydrogens is 372 g/mol. The van der Waals surface area contributed by atoms with E-state index in [1.165, 1.54) is 10.8 Å². The van der Waals surface area contributed by atoms with Crippen molar-refractivity contribution < 1.29 is 19.1 Å². The third-order valence-corrected chi connectivity index (χ3v) is 4.97. The zero-order valence-electron chi connectivity index (χ0n) is 16.4. The number of hydrogen-bond acceptors (Lipinski definition) is 6. The van der Waals surface area contributed by atoms with E-state index in [2.05, 4.69) is 4.98 Å². The van der Waals surface area contributed by atoms with E-state index >= 15 is 0 Å². The number of benzene rings is 1. The van der Waals surface area contributed by atoms with Gasteiger partial charge in [0.2, 0.25) is 0 Å². The minimum Gasteiger partial charge on any atom is -0.382 e. The fourth-order valence-electron chi connectivity index (χ4n) is 3.51. The lowest BCUT2D eigenvalue weighted by Crippen LogP contribution is -2.39. The quantitative estimate of drug-likeness (QED) is 0.386. The number of carbonyl (C=O) groups excluding carboxylic acids is 3. The van der Waals surface area contributed by atoms with Crippen molar-refractivity contribution >= 4 is 17.3 Å². The number of nitrogens with zero attached hydrogens (tertiary/aromatic N) is 2. The van der Waals surface area contributed by atoms with Crippen LogP contribution in [-0.4, -0.2) is 40.1 Å². The van der Waals surface area contributed by atoms with Crippen LogP contribution in [0.15, 0.2) is 41.3 Å². The standard InChI is InChI=1S/C22H24N2O5/c1-2-29-13-7-12-24-21(15-8-4-3-5-9-15)23-14-16(22(24)28)20(27)19-17(25)10-6-11-18(19)26/h3-5,8-9,14,19H,2,6-7,10-13H2,1H3. The maximum Gasteiger partial charge on any atom is 0.264 e. The fourth-order valence-corrected chi connectivity index (χ4v) is 3.51. The molecule has 0 unspecified atom stereocenters. The molecule has 152 valence electrons. The molecule has 2 aromatic rings. The van der Waals surface area contributed by atoms with Crippen molar-refractivity contribution in [3.63, 3.8) is 0 Å². The maximum absolute atomic E-state index is 13.2. The molecule has 0 saturated heterocycles. The van der Waals surface area contributed by atoms with Crippen LogP contribution in [0, 0.1) is 5.92 Å². The molecule has 1 fully saturated rings. The summed E-state index contributed by atoms with van der Waals surface area (Å²) >= 11 is 0. The van der Waals surface area contributed by atoms with Crippen molar-refractivity contribution in [1.29, 1.82) is 0 Å². The smallest absolute Gasteiger partial charge is 0.264 e. The van der Waals surface area contributed by atoms with Crippen LogP contribution in [0.5, 0.6) is 0 Å². The molecule has 7 nitrogen and oxygen atoms in total. The normalized spacial score (nSPS) is 14.9. The van der Waals surface area contributed by atoms with Gasteiger partial charge >= 0.3 is 0 Å². The molecular formula is C22H24N2O5. The molecule has 1 saturated carbocycles. The van der Waals surface area contributed by atoms with Crippen molar-refractivity contribution in [2.45, 2.75) is 39.2 Å². The summed E-state index contributed by atoms with van der Waals surface area (Å²) in [6.45, 7) is 3.24. The van der Waals surface area contributed by atoms with Gasteiger partial charge in [0, 0.05) is 44.4 Å². The van der Waals surface area contributed by atoms with E-state index < -0.39 is 28.8 Å². The lowest BCUT2D eigenvalue weighted by Gasteiger charge is -2.19. The van der Waals surface area contributed by atoms with Crippen molar-refractivity contribution in [2.75, 3.05) is 13.2 Å². The molecule has 1 heterocycles. The predicted molar refractivity (Wildman–Crippen MR) is 107 cm³/mol. The molecule has 0 amide bonds. The summed E-state index contributed by atoms with van der Waals surface area (Å²) in [7, 11) is 0. The molecule has 0 spiro atoms. The predicted octanol–water partition coefficient (Wildman–Crippen LogP) is 2.46. The molecule has 1 aliphatic rings. The summed E-state index contributed by atoms with van der Waals surface area (Å²) in [4.78, 5) is 54.7. The Labute approximate surface area is 168 Å². The molecule has 0 N–H and O–H groups in total. The summed E-state index contributed by atoms with van der Waals surface area (Å²) in [6, 6.07) is 9.20. The molecule has 1 aliphatic carbocycles. The number of carbonyl (C=O) groups is 3. The summed E-state index contributed by atoms with van der Waals surface area (Å²) in [6.07, 6.45) is 2.57. The summed E-state index contributed by atoms with van der Waals surface area (Å²) in [5, 5.41) is 0. The van der Waals surface area contributed by atoms with Gasteiger partial charge < -0.3 is 4.74 Å². The largest absolute Gasteiger partial charge is 0.382 e. The van der Waals surface area contributed by atoms with Crippen LogP contribution in [0.1, 0.15) is 43.0 Å². The second kappa shape index (κ2) is 9.52. The van der Waals surface area contributed by atoms with Gasteiger partial charge in [-0.15, -0.1) is 0 Å². The van der Waals surface area contributed by atoms with Crippen LogP contribution in [-0.2, 0) is 20.9 Å². The number of ether oxygens (including phenoxy) is 1. The Morgan fingerprint density at radius 1 is 1.14 bits per heavy atom. The second-order valence-electron chi connectivity index (χ2n) is 6.95. The molecule has 1 aromatic heterocycles. The van der Waals surface area contributed by atoms with Crippen LogP contribution in [0.25, 0.3) is 11.4 Å². The molecule has 29 heavy (non-hydrogen) atoms. The molecule has 0 aliphatic heterocycles. The van der Waals surface area contributed by atoms with Crippen LogP contribution in [0.4, 0.5) is 0 Å². The fraction of sp³-hybridized carbons (Fsp3) is 0.409. The minimum absolute atomic E-state index is 0.181. The lowest BCUT2D eigenvalue weighted by atomic mass is 9.82. The van der Waals surface area contributed by atoms with Crippen LogP contribution in [0.3, 0.4) is 0 Å². The van der Waals surface area contributed by atoms with E-state index in [4.69, 9.17) is 4.74 Å². The number of rotatable bonds is 8. The van der Waals surface area contributed by atoms with Crippen molar-refractivity contribution in [3.05, 3.63) is 52.4 Å². The highest BCUT2D eigenvalue weighted by Crippen LogP contribution is 2.22. The Morgan fingerprint density at radius 2 is 1.83 bits per heavy atom. The third-order valence-electron chi connectivity index (χ3n) is 4.97. The van der Waals surface area contributed by atoms with Crippen molar-refractivity contribution in [1.82, 2.24) is 9.55 Å². The molecule has 7 heteroatoms. The van der Waals surface area contributed by atoms with Crippen LogP contribution in [0.2, 0.25) is 0 Å². The molecule has 0 radical (unpaired) electrons. The van der Waals surface area contributed by atoms with E-state index in [0.29, 0.717) is 38.4 Å². The third kappa shape index (κ3) is 4.56. The maximum atomic E-state index is 13.2. The van der Waals surface area contributed by atoms with Gasteiger partial charge in [-0.2, -0.15) is 0 Å². The van der Waals surface area contributed by atoms with Gasteiger partial charge in [0.05, 0.1) is 0 Å². The van der Waals surface area contributed by atoms with Crippen LogP contribution >= 0.6 is 0 Å². The van der Waals surface area contributed by atoms with Gasteiger partial charge in [0.25, 0.3) is 5.56 Å². The van der Waals surface area contributed by atoms with Crippen molar-refractivity contribution in [3.8, 4) is 11.4 Å². The lowest BCUT2D eigenvalue weighted by molar-refractivity contribution is -0.133. The first kappa shape index (κ1) is 20.8. The monoisotopic (exact) mass is 396 g/mol. The van der Waals surface area contributed by atoms with E-state index in [9.17, 15) is 19.2 Å². The van der Waals surface area contributed by atoms with Crippen LogP contribution < -0.4 is 5.56 Å². The number of Topliss-reactive ketones (excluding diaryl/α,β-unsaturated/α-hetero) is 3. The number of ketones is 3.